The number of ether oxygens (including phenoxy) is 1. The topological polar surface area (TPSA) is 38.3 Å². The SMILES string of the molecule is COC(=O)C(C)(C)c1ccc(N[C@@H]2CCSC2)cc1. The van der Waals surface area contributed by atoms with Crippen molar-refractivity contribution in [3.63, 3.8) is 0 Å². The smallest absolute Gasteiger partial charge is 0.315 e. The number of nitrogens with one attached hydrogen (secondary N) is 1. The predicted molar refractivity (Wildman–Crippen MR) is 80.8 cm³/mol. The molecule has 0 aromatic heterocycles. The molecule has 1 aliphatic rings. The van der Waals surface area contributed by atoms with E-state index in [9.17, 15) is 4.79 Å². The Bertz CT molecular complexity index is 436. The molecule has 1 atom stereocenters. The lowest BCUT2D eigenvalue weighted by Gasteiger charge is -2.22. The number of carbonyl (C=O) groups excluding carboxylic acids is 1. The maximum atomic E-state index is 11.8. The van der Waals surface area contributed by atoms with Crippen LogP contribution in [0.4, 0.5) is 5.69 Å². The molecule has 4 heteroatoms. The molecule has 1 fully saturated rings. The van der Waals surface area contributed by atoms with Gasteiger partial charge in [0.1, 0.15) is 0 Å². The van der Waals surface area contributed by atoms with Crippen molar-refractivity contribution < 1.29 is 9.53 Å². The zero-order valence-corrected chi connectivity index (χ0v) is 12.5. The highest BCUT2D eigenvalue weighted by Crippen LogP contribution is 2.27. The fraction of sp³-hybridized carbons (Fsp3) is 0.533. The lowest BCUT2D eigenvalue weighted by Crippen LogP contribution is -2.30. The van der Waals surface area contributed by atoms with E-state index in [1.807, 2.05) is 49.9 Å². The molecule has 0 amide bonds. The van der Waals surface area contributed by atoms with Gasteiger partial charge in [0.05, 0.1) is 12.5 Å². The van der Waals surface area contributed by atoms with E-state index in [1.54, 1.807) is 0 Å². The largest absolute Gasteiger partial charge is 0.468 e. The summed E-state index contributed by atoms with van der Waals surface area (Å²) in [5.41, 5.74) is 1.50. The van der Waals surface area contributed by atoms with Crippen LogP contribution in [0.15, 0.2) is 24.3 Å². The van der Waals surface area contributed by atoms with Crippen molar-refractivity contribution in [2.45, 2.75) is 31.7 Å². The van der Waals surface area contributed by atoms with Gasteiger partial charge in [0, 0.05) is 17.5 Å². The molecule has 1 aromatic carbocycles. The average molecular weight is 279 g/mol. The fourth-order valence-electron chi connectivity index (χ4n) is 2.24. The summed E-state index contributed by atoms with van der Waals surface area (Å²) in [5.74, 6) is 2.21. The van der Waals surface area contributed by atoms with Crippen LogP contribution in [0.25, 0.3) is 0 Å². The van der Waals surface area contributed by atoms with Crippen LogP contribution in [-0.2, 0) is 14.9 Å². The number of hydrogen-bond acceptors (Lipinski definition) is 4. The lowest BCUT2D eigenvalue weighted by molar-refractivity contribution is -0.146. The predicted octanol–water partition coefficient (Wildman–Crippen LogP) is 3.05. The van der Waals surface area contributed by atoms with Gasteiger partial charge < -0.3 is 10.1 Å². The number of benzene rings is 1. The average Bonchev–Trinajstić information content (AvgIpc) is 2.91. The molecule has 1 aromatic rings. The van der Waals surface area contributed by atoms with Gasteiger partial charge in [-0.05, 0) is 43.7 Å². The van der Waals surface area contributed by atoms with Gasteiger partial charge >= 0.3 is 5.97 Å². The third-order valence-corrected chi connectivity index (χ3v) is 4.77. The molecule has 0 radical (unpaired) electrons. The van der Waals surface area contributed by atoms with Gasteiger partial charge in [-0.2, -0.15) is 11.8 Å². The molecule has 0 unspecified atom stereocenters. The summed E-state index contributed by atoms with van der Waals surface area (Å²) in [6.07, 6.45) is 1.22. The Morgan fingerprint density at radius 1 is 1.37 bits per heavy atom. The van der Waals surface area contributed by atoms with Crippen molar-refractivity contribution in [2.24, 2.45) is 0 Å². The Hall–Kier alpha value is -1.16. The van der Waals surface area contributed by atoms with E-state index in [1.165, 1.54) is 25.0 Å². The van der Waals surface area contributed by atoms with Crippen LogP contribution in [0.1, 0.15) is 25.8 Å². The molecule has 0 spiro atoms. The van der Waals surface area contributed by atoms with E-state index in [-0.39, 0.29) is 5.97 Å². The Balaban J connectivity index is 2.07. The van der Waals surface area contributed by atoms with Crippen LogP contribution in [-0.4, -0.2) is 30.6 Å². The monoisotopic (exact) mass is 279 g/mol. The normalized spacial score (nSPS) is 19.2. The first-order valence-electron chi connectivity index (χ1n) is 6.57. The molecule has 1 heterocycles. The highest BCUT2D eigenvalue weighted by atomic mass is 32.2. The standard InChI is InChI=1S/C15H21NO2S/c1-15(2,14(17)18-3)11-4-6-12(7-5-11)16-13-8-9-19-10-13/h4-7,13,16H,8-10H2,1-3H3/t13-/m1/s1. The second-order valence-electron chi connectivity index (χ2n) is 5.40. The third-order valence-electron chi connectivity index (χ3n) is 3.60. The summed E-state index contributed by atoms with van der Waals surface area (Å²) in [5, 5.41) is 3.53. The van der Waals surface area contributed by atoms with Crippen LogP contribution >= 0.6 is 11.8 Å². The highest BCUT2D eigenvalue weighted by molar-refractivity contribution is 7.99. The van der Waals surface area contributed by atoms with Crippen LogP contribution in [0.2, 0.25) is 0 Å². The molecular weight excluding hydrogens is 258 g/mol. The number of thioether (sulfide) groups is 1. The van der Waals surface area contributed by atoms with Crippen molar-refractivity contribution in [1.29, 1.82) is 0 Å². The fourth-order valence-corrected chi connectivity index (χ4v) is 3.39. The minimum Gasteiger partial charge on any atom is -0.468 e. The summed E-state index contributed by atoms with van der Waals surface area (Å²) < 4.78 is 4.85. The minimum absolute atomic E-state index is 0.208. The summed E-state index contributed by atoms with van der Waals surface area (Å²) >= 11 is 1.99. The van der Waals surface area contributed by atoms with E-state index in [2.05, 4.69) is 5.32 Å². The van der Waals surface area contributed by atoms with Crippen LogP contribution in [0, 0.1) is 0 Å². The number of anilines is 1. The second kappa shape index (κ2) is 5.87. The third kappa shape index (κ3) is 3.24. The Labute approximate surface area is 119 Å². The second-order valence-corrected chi connectivity index (χ2v) is 6.55. The molecule has 1 N–H and O–H groups in total. The van der Waals surface area contributed by atoms with Gasteiger partial charge in [-0.25, -0.2) is 0 Å². The van der Waals surface area contributed by atoms with Crippen LogP contribution in [0.3, 0.4) is 0 Å². The Morgan fingerprint density at radius 3 is 2.58 bits per heavy atom. The molecule has 19 heavy (non-hydrogen) atoms. The Kier molecular flexibility index (Phi) is 4.40. The molecule has 0 saturated carbocycles. The molecule has 2 rings (SSSR count). The first-order valence-corrected chi connectivity index (χ1v) is 7.73. The summed E-state index contributed by atoms with van der Waals surface area (Å²) in [7, 11) is 1.43. The maximum Gasteiger partial charge on any atom is 0.315 e. The van der Waals surface area contributed by atoms with E-state index in [0.717, 1.165) is 11.3 Å². The van der Waals surface area contributed by atoms with Crippen molar-refractivity contribution in [3.05, 3.63) is 29.8 Å². The van der Waals surface area contributed by atoms with E-state index in [0.29, 0.717) is 6.04 Å². The van der Waals surface area contributed by atoms with Gasteiger partial charge in [0.25, 0.3) is 0 Å². The molecule has 104 valence electrons. The molecule has 0 aliphatic carbocycles. The number of esters is 1. The molecule has 1 aliphatic heterocycles. The van der Waals surface area contributed by atoms with Crippen molar-refractivity contribution >= 4 is 23.4 Å². The highest BCUT2D eigenvalue weighted by Gasteiger charge is 2.30. The zero-order valence-electron chi connectivity index (χ0n) is 11.7. The molecule has 3 nitrogen and oxygen atoms in total. The zero-order chi connectivity index (χ0) is 13.9. The number of hydrogen-bond donors (Lipinski definition) is 1. The quantitative estimate of drug-likeness (QED) is 0.860. The van der Waals surface area contributed by atoms with Crippen molar-refractivity contribution in [3.8, 4) is 0 Å². The number of methoxy groups -OCH3 is 1. The number of carbonyl (C=O) groups is 1. The van der Waals surface area contributed by atoms with Gasteiger partial charge in [-0.1, -0.05) is 12.1 Å². The van der Waals surface area contributed by atoms with Gasteiger partial charge in [0.15, 0.2) is 0 Å². The first kappa shape index (κ1) is 14.3. The van der Waals surface area contributed by atoms with Crippen LogP contribution < -0.4 is 5.32 Å². The summed E-state index contributed by atoms with van der Waals surface area (Å²) in [6, 6.07) is 8.67. The summed E-state index contributed by atoms with van der Waals surface area (Å²) in [6.45, 7) is 3.77. The summed E-state index contributed by atoms with van der Waals surface area (Å²) in [4.78, 5) is 11.8. The van der Waals surface area contributed by atoms with Crippen LogP contribution in [0.5, 0.6) is 0 Å². The van der Waals surface area contributed by atoms with Gasteiger partial charge in [-0.3, -0.25) is 4.79 Å². The first-order chi connectivity index (χ1) is 9.04. The van der Waals surface area contributed by atoms with Crippen molar-refractivity contribution in [2.75, 3.05) is 23.9 Å². The van der Waals surface area contributed by atoms with E-state index < -0.39 is 5.41 Å². The van der Waals surface area contributed by atoms with E-state index in [4.69, 9.17) is 4.74 Å². The lowest BCUT2D eigenvalue weighted by atomic mass is 9.85. The molecule has 0 bridgehead atoms. The Morgan fingerprint density at radius 2 is 2.05 bits per heavy atom. The van der Waals surface area contributed by atoms with Gasteiger partial charge in [0.2, 0.25) is 0 Å². The molecule has 1 saturated heterocycles. The number of rotatable bonds is 4. The maximum absolute atomic E-state index is 11.8. The van der Waals surface area contributed by atoms with E-state index >= 15 is 0 Å². The molecular formula is C15H21NO2S. The van der Waals surface area contributed by atoms with Crippen molar-refractivity contribution in [1.82, 2.24) is 0 Å². The van der Waals surface area contributed by atoms with Gasteiger partial charge in [-0.15, -0.1) is 0 Å². The minimum atomic E-state index is -0.601.